The van der Waals surface area contributed by atoms with Crippen molar-refractivity contribution in [2.24, 2.45) is 0 Å². The Kier molecular flexibility index (Phi) is 3.95. The third kappa shape index (κ3) is 2.36. The summed E-state index contributed by atoms with van der Waals surface area (Å²) < 4.78 is 24.8. The van der Waals surface area contributed by atoms with Crippen molar-refractivity contribution in [3.8, 4) is 6.07 Å². The van der Waals surface area contributed by atoms with Gasteiger partial charge in [0.25, 0.3) is 0 Å². The Hall–Kier alpha value is -1.49. The van der Waals surface area contributed by atoms with E-state index in [0.717, 1.165) is 4.31 Å². The molecule has 0 unspecified atom stereocenters. The van der Waals surface area contributed by atoms with Crippen molar-refractivity contribution in [3.63, 3.8) is 0 Å². The molecule has 1 aromatic heterocycles. The zero-order valence-electron chi connectivity index (χ0n) is 8.66. The Morgan fingerprint density at radius 2 is 2.31 bits per heavy atom. The summed E-state index contributed by atoms with van der Waals surface area (Å²) in [6, 6.07) is 4.48. The molecule has 0 aromatic carbocycles. The number of aliphatic hydroxyl groups excluding tert-OH is 1. The summed E-state index contributed by atoms with van der Waals surface area (Å²) in [5.74, 6) is 0. The smallest absolute Gasteiger partial charge is 0.245 e. The monoisotopic (exact) mass is 241 g/mol. The molecule has 0 amide bonds. The van der Waals surface area contributed by atoms with E-state index in [1.165, 1.54) is 25.4 Å². The van der Waals surface area contributed by atoms with Gasteiger partial charge in [0.05, 0.1) is 6.61 Å². The van der Waals surface area contributed by atoms with E-state index in [4.69, 9.17) is 10.4 Å². The van der Waals surface area contributed by atoms with Gasteiger partial charge in [0.2, 0.25) is 10.0 Å². The van der Waals surface area contributed by atoms with Crippen LogP contribution in [0.5, 0.6) is 0 Å². The van der Waals surface area contributed by atoms with Crippen LogP contribution < -0.4 is 0 Å². The minimum absolute atomic E-state index is 0.0257. The molecule has 0 aliphatic heterocycles. The van der Waals surface area contributed by atoms with Gasteiger partial charge >= 0.3 is 0 Å². The zero-order valence-corrected chi connectivity index (χ0v) is 9.48. The number of pyridine rings is 1. The van der Waals surface area contributed by atoms with Crippen molar-refractivity contribution in [2.75, 3.05) is 20.2 Å². The number of hydrogen-bond donors (Lipinski definition) is 1. The quantitative estimate of drug-likeness (QED) is 0.771. The largest absolute Gasteiger partial charge is 0.395 e. The van der Waals surface area contributed by atoms with Crippen LogP contribution in [-0.4, -0.2) is 43.0 Å². The number of hydrogen-bond acceptors (Lipinski definition) is 5. The van der Waals surface area contributed by atoms with Gasteiger partial charge in [0, 0.05) is 19.8 Å². The average molecular weight is 241 g/mol. The van der Waals surface area contributed by atoms with Crippen molar-refractivity contribution < 1.29 is 13.5 Å². The number of nitriles is 1. The van der Waals surface area contributed by atoms with Gasteiger partial charge in [-0.3, -0.25) is 0 Å². The first-order valence-electron chi connectivity index (χ1n) is 4.46. The lowest BCUT2D eigenvalue weighted by atomic mass is 10.4. The molecule has 0 bridgehead atoms. The summed E-state index contributed by atoms with van der Waals surface area (Å²) in [6.45, 7) is -0.306. The highest BCUT2D eigenvalue weighted by molar-refractivity contribution is 7.89. The normalized spacial score (nSPS) is 11.4. The molecule has 0 fully saturated rings. The second kappa shape index (κ2) is 5.03. The first-order valence-corrected chi connectivity index (χ1v) is 5.90. The van der Waals surface area contributed by atoms with E-state index in [1.54, 1.807) is 6.07 Å². The van der Waals surface area contributed by atoms with E-state index in [2.05, 4.69) is 4.98 Å². The Labute approximate surface area is 93.8 Å². The molecule has 6 nitrogen and oxygen atoms in total. The van der Waals surface area contributed by atoms with Gasteiger partial charge in [-0.25, -0.2) is 13.4 Å². The zero-order chi connectivity index (χ0) is 12.2. The van der Waals surface area contributed by atoms with E-state index >= 15 is 0 Å². The standard InChI is InChI=1S/C9H11N3O3S/c1-12(5-6-13)16(14,15)9-3-2-4-11-8(9)7-10/h2-4,13H,5-6H2,1H3. The number of nitrogens with zero attached hydrogens (tertiary/aromatic N) is 3. The second-order valence-corrected chi connectivity index (χ2v) is 5.03. The molecule has 0 aliphatic rings. The van der Waals surface area contributed by atoms with Crippen LogP contribution in [0.1, 0.15) is 5.69 Å². The lowest BCUT2D eigenvalue weighted by Gasteiger charge is -2.15. The van der Waals surface area contributed by atoms with E-state index < -0.39 is 10.0 Å². The molecule has 0 saturated carbocycles. The maximum absolute atomic E-state index is 11.9. The highest BCUT2D eigenvalue weighted by Crippen LogP contribution is 2.16. The molecule has 0 spiro atoms. The fourth-order valence-corrected chi connectivity index (χ4v) is 2.36. The van der Waals surface area contributed by atoms with Gasteiger partial charge in [0.1, 0.15) is 11.0 Å². The predicted molar refractivity (Wildman–Crippen MR) is 55.9 cm³/mol. The van der Waals surface area contributed by atoms with Crippen molar-refractivity contribution >= 4 is 10.0 Å². The number of aromatic nitrogens is 1. The summed E-state index contributed by atoms with van der Waals surface area (Å²) >= 11 is 0. The molecule has 86 valence electrons. The molecule has 16 heavy (non-hydrogen) atoms. The van der Waals surface area contributed by atoms with Crippen LogP contribution in [0.15, 0.2) is 23.2 Å². The molecule has 0 aliphatic carbocycles. The van der Waals surface area contributed by atoms with Crippen molar-refractivity contribution in [2.45, 2.75) is 4.90 Å². The third-order valence-electron chi connectivity index (χ3n) is 1.98. The maximum atomic E-state index is 11.9. The lowest BCUT2D eigenvalue weighted by Crippen LogP contribution is -2.30. The van der Waals surface area contributed by atoms with E-state index in [1.807, 2.05) is 0 Å². The summed E-state index contributed by atoms with van der Waals surface area (Å²) in [4.78, 5) is 3.53. The van der Waals surface area contributed by atoms with Crippen LogP contribution in [0.3, 0.4) is 0 Å². The number of rotatable bonds is 4. The van der Waals surface area contributed by atoms with Crippen LogP contribution >= 0.6 is 0 Å². The summed E-state index contributed by atoms with van der Waals surface area (Å²) in [5.41, 5.74) is -0.146. The predicted octanol–water partition coefficient (Wildman–Crippen LogP) is -0.434. The van der Waals surface area contributed by atoms with Crippen LogP contribution in [0, 0.1) is 11.3 Å². The van der Waals surface area contributed by atoms with E-state index in [9.17, 15) is 8.42 Å². The van der Waals surface area contributed by atoms with E-state index in [0.29, 0.717) is 0 Å². The molecule has 0 radical (unpaired) electrons. The molecule has 1 rings (SSSR count). The van der Waals surface area contributed by atoms with Crippen LogP contribution in [0.25, 0.3) is 0 Å². The number of sulfonamides is 1. The lowest BCUT2D eigenvalue weighted by molar-refractivity contribution is 0.266. The molecule has 0 atom stereocenters. The van der Waals surface area contributed by atoms with Crippen LogP contribution in [-0.2, 0) is 10.0 Å². The highest BCUT2D eigenvalue weighted by atomic mass is 32.2. The topological polar surface area (TPSA) is 94.3 Å². The summed E-state index contributed by atoms with van der Waals surface area (Å²) in [5, 5.41) is 17.4. The molecular formula is C9H11N3O3S. The van der Waals surface area contributed by atoms with Gasteiger partial charge in [-0.15, -0.1) is 0 Å². The van der Waals surface area contributed by atoms with Gasteiger partial charge in [-0.1, -0.05) is 0 Å². The Morgan fingerprint density at radius 1 is 1.62 bits per heavy atom. The summed E-state index contributed by atoms with van der Waals surface area (Å²) in [6.07, 6.45) is 1.35. The first-order chi connectivity index (χ1) is 7.54. The fourth-order valence-electron chi connectivity index (χ4n) is 1.11. The van der Waals surface area contributed by atoms with Gasteiger partial charge in [-0.2, -0.15) is 9.57 Å². The maximum Gasteiger partial charge on any atom is 0.245 e. The van der Waals surface area contributed by atoms with Crippen LogP contribution in [0.4, 0.5) is 0 Å². The Balaban J connectivity index is 3.23. The van der Waals surface area contributed by atoms with Gasteiger partial charge in [0.15, 0.2) is 5.69 Å². The van der Waals surface area contributed by atoms with Crippen LogP contribution in [0.2, 0.25) is 0 Å². The van der Waals surface area contributed by atoms with Crippen molar-refractivity contribution in [1.29, 1.82) is 5.26 Å². The molecule has 0 saturated heterocycles. The van der Waals surface area contributed by atoms with Crippen molar-refractivity contribution in [3.05, 3.63) is 24.0 Å². The first kappa shape index (κ1) is 12.6. The number of aliphatic hydroxyl groups is 1. The second-order valence-electron chi connectivity index (χ2n) is 3.01. The number of likely N-dealkylation sites (N-methyl/N-ethyl adjacent to an activating group) is 1. The highest BCUT2D eigenvalue weighted by Gasteiger charge is 2.23. The summed E-state index contributed by atoms with van der Waals surface area (Å²) in [7, 11) is -2.42. The fraction of sp³-hybridized carbons (Fsp3) is 0.333. The Morgan fingerprint density at radius 3 is 2.88 bits per heavy atom. The molecular weight excluding hydrogens is 230 g/mol. The van der Waals surface area contributed by atoms with Gasteiger partial charge < -0.3 is 5.11 Å². The molecule has 1 heterocycles. The SMILES string of the molecule is CN(CCO)S(=O)(=O)c1cccnc1C#N. The third-order valence-corrected chi connectivity index (χ3v) is 3.87. The average Bonchev–Trinajstić information content (AvgIpc) is 2.29. The van der Waals surface area contributed by atoms with E-state index in [-0.39, 0.29) is 23.7 Å². The minimum Gasteiger partial charge on any atom is -0.395 e. The molecule has 7 heteroatoms. The van der Waals surface area contributed by atoms with Crippen molar-refractivity contribution in [1.82, 2.24) is 9.29 Å². The molecule has 1 aromatic rings. The minimum atomic E-state index is -3.76. The van der Waals surface area contributed by atoms with Gasteiger partial charge in [-0.05, 0) is 12.1 Å². The Bertz CT molecular complexity index is 507. The molecule has 1 N–H and O–H groups in total.